The molecule has 52 valence electrons. The number of hydrogen-bond acceptors (Lipinski definition) is 2. The first-order chi connectivity index (χ1) is 4.97. The topological polar surface area (TPSA) is 6.48 Å². The molecule has 0 radical (unpaired) electrons. The highest BCUT2D eigenvalue weighted by Crippen LogP contribution is 2.70. The molecule has 0 aromatic heterocycles. The van der Waals surface area contributed by atoms with Gasteiger partial charge in [0.1, 0.15) is 0 Å². The van der Waals surface area contributed by atoms with Crippen molar-refractivity contribution in [3.63, 3.8) is 0 Å². The average Bonchev–Trinajstić information content (AvgIpc) is 2.21. The molecule has 10 heavy (non-hydrogen) atoms. The van der Waals surface area contributed by atoms with Gasteiger partial charge in [-0.05, 0) is 0 Å². The second kappa shape index (κ2) is 0.833. The highest BCUT2D eigenvalue weighted by molar-refractivity contribution is 5.38. The number of piperidine rings is 2. The van der Waals surface area contributed by atoms with Gasteiger partial charge in [-0.2, -0.15) is 0 Å². The SMILES string of the molecule is C1C2C3C4C5C(CN2C53)N14. The summed E-state index contributed by atoms with van der Waals surface area (Å²) in [6, 6.07) is 4.26. The Morgan fingerprint density at radius 2 is 1.30 bits per heavy atom. The van der Waals surface area contributed by atoms with E-state index in [4.69, 9.17) is 0 Å². The van der Waals surface area contributed by atoms with Crippen molar-refractivity contribution in [3.8, 4) is 0 Å². The largest absolute Gasteiger partial charge is 0.293 e. The fourth-order valence-electron chi connectivity index (χ4n) is 4.65. The van der Waals surface area contributed by atoms with Gasteiger partial charge >= 0.3 is 0 Å². The Balaban J connectivity index is 1.89. The Bertz CT molecular complexity index is 162. The number of hydrogen-bond donors (Lipinski definition) is 0. The second-order valence-electron chi connectivity index (χ2n) is 4.66. The highest BCUT2D eigenvalue weighted by Gasteiger charge is 2.83. The van der Waals surface area contributed by atoms with Crippen LogP contribution in [0.5, 0.6) is 0 Å². The number of fused-ring (bicyclic) bond motifs is 2. The molecule has 0 spiro atoms. The minimum absolute atomic E-state index is 1.03. The molecular weight excluding hydrogens is 124 g/mol. The van der Waals surface area contributed by atoms with Crippen LogP contribution >= 0.6 is 0 Å². The molecule has 5 aliphatic rings. The van der Waals surface area contributed by atoms with Crippen LogP contribution in [0.25, 0.3) is 0 Å². The lowest BCUT2D eigenvalue weighted by Gasteiger charge is -2.65. The van der Waals surface area contributed by atoms with E-state index in [1.807, 2.05) is 0 Å². The molecule has 2 nitrogen and oxygen atoms in total. The summed E-state index contributed by atoms with van der Waals surface area (Å²) < 4.78 is 0. The van der Waals surface area contributed by atoms with E-state index in [9.17, 15) is 0 Å². The fraction of sp³-hybridized carbons (Fsp3) is 1.00. The number of nitrogens with zero attached hydrogens (tertiary/aromatic N) is 2. The summed E-state index contributed by atoms with van der Waals surface area (Å²) in [5.41, 5.74) is 0. The maximum absolute atomic E-state index is 2.78. The molecule has 5 fully saturated rings. The van der Waals surface area contributed by atoms with E-state index < -0.39 is 0 Å². The zero-order chi connectivity index (χ0) is 6.03. The van der Waals surface area contributed by atoms with Crippen LogP contribution in [0.4, 0.5) is 0 Å². The Morgan fingerprint density at radius 1 is 0.800 bits per heavy atom. The summed E-state index contributed by atoms with van der Waals surface area (Å²) in [6.45, 7) is 2.88. The molecule has 0 aromatic carbocycles. The second-order valence-corrected chi connectivity index (χ2v) is 4.66. The maximum atomic E-state index is 2.78. The van der Waals surface area contributed by atoms with Gasteiger partial charge in [-0.15, -0.1) is 0 Å². The molecule has 2 unspecified atom stereocenters. The monoisotopic (exact) mass is 134 g/mol. The lowest BCUT2D eigenvalue weighted by atomic mass is 9.55. The van der Waals surface area contributed by atoms with Crippen LogP contribution in [-0.4, -0.2) is 47.1 Å². The lowest BCUT2D eigenvalue weighted by molar-refractivity contribution is -0.150. The Kier molecular flexibility index (Phi) is 0.339. The van der Waals surface area contributed by atoms with Crippen molar-refractivity contribution >= 4 is 0 Å². The molecule has 1 saturated carbocycles. The first-order valence-corrected chi connectivity index (χ1v) is 4.48. The van der Waals surface area contributed by atoms with Crippen molar-refractivity contribution < 1.29 is 0 Å². The molecule has 0 amide bonds. The van der Waals surface area contributed by atoms with Crippen molar-refractivity contribution in [2.75, 3.05) is 13.1 Å². The molecule has 4 saturated heterocycles. The number of piperazine rings is 1. The van der Waals surface area contributed by atoms with E-state index in [-0.39, 0.29) is 0 Å². The van der Waals surface area contributed by atoms with Crippen molar-refractivity contribution in [2.24, 2.45) is 11.8 Å². The molecular formula is C8H10N2. The fourth-order valence-corrected chi connectivity index (χ4v) is 4.65. The standard InChI is InChI=1S/C8H10N2/c1-3-5-7-6-4(9(1)7)2-10(3)8(5)6/h3-8H,1-2H2. The summed E-state index contributed by atoms with van der Waals surface area (Å²) in [4.78, 5) is 5.56. The molecule has 4 aliphatic heterocycles. The molecule has 4 heterocycles. The first-order valence-electron chi connectivity index (χ1n) is 4.48. The van der Waals surface area contributed by atoms with E-state index >= 15 is 0 Å². The van der Waals surface area contributed by atoms with Gasteiger partial charge in [0, 0.05) is 49.1 Å². The Morgan fingerprint density at radius 3 is 1.80 bits per heavy atom. The van der Waals surface area contributed by atoms with Crippen LogP contribution in [0.15, 0.2) is 0 Å². The molecule has 0 bridgehead atoms. The third-order valence-electron chi connectivity index (χ3n) is 4.88. The molecule has 2 atom stereocenters. The van der Waals surface area contributed by atoms with Gasteiger partial charge in [-0.25, -0.2) is 0 Å². The molecule has 5 rings (SSSR count). The predicted octanol–water partition coefficient (Wildman–Crippen LogP) is -0.635. The minimum Gasteiger partial charge on any atom is -0.293 e. The van der Waals surface area contributed by atoms with E-state index in [0.717, 1.165) is 36.0 Å². The van der Waals surface area contributed by atoms with Crippen LogP contribution in [0.3, 0.4) is 0 Å². The van der Waals surface area contributed by atoms with E-state index in [1.54, 1.807) is 0 Å². The molecule has 1 aliphatic carbocycles. The Labute approximate surface area is 59.8 Å². The van der Waals surface area contributed by atoms with Gasteiger partial charge < -0.3 is 0 Å². The third-order valence-corrected chi connectivity index (χ3v) is 4.88. The van der Waals surface area contributed by atoms with Crippen molar-refractivity contribution in [3.05, 3.63) is 0 Å². The van der Waals surface area contributed by atoms with Gasteiger partial charge in [-0.1, -0.05) is 0 Å². The van der Waals surface area contributed by atoms with E-state index in [1.165, 1.54) is 13.1 Å². The predicted molar refractivity (Wildman–Crippen MR) is 35.5 cm³/mol. The van der Waals surface area contributed by atoms with Gasteiger partial charge in [0.05, 0.1) is 0 Å². The normalized spacial score (nSPS) is 80.4. The van der Waals surface area contributed by atoms with Crippen LogP contribution in [-0.2, 0) is 0 Å². The van der Waals surface area contributed by atoms with Crippen LogP contribution < -0.4 is 0 Å². The van der Waals surface area contributed by atoms with E-state index in [2.05, 4.69) is 9.80 Å². The van der Waals surface area contributed by atoms with Crippen LogP contribution in [0, 0.1) is 11.8 Å². The summed E-state index contributed by atoms with van der Waals surface area (Å²) in [7, 11) is 0. The van der Waals surface area contributed by atoms with Gasteiger partial charge in [0.2, 0.25) is 0 Å². The first kappa shape index (κ1) is 4.07. The molecule has 0 N–H and O–H groups in total. The molecule has 0 aromatic rings. The Hall–Kier alpha value is -0.0800. The third kappa shape index (κ3) is 0.165. The minimum atomic E-state index is 1.03. The van der Waals surface area contributed by atoms with Gasteiger partial charge in [0.25, 0.3) is 0 Å². The summed E-state index contributed by atoms with van der Waals surface area (Å²) in [6.07, 6.45) is 0. The quantitative estimate of drug-likeness (QED) is 0.435. The number of rotatable bonds is 0. The zero-order valence-corrected chi connectivity index (χ0v) is 5.77. The van der Waals surface area contributed by atoms with Crippen molar-refractivity contribution in [2.45, 2.75) is 24.2 Å². The van der Waals surface area contributed by atoms with E-state index in [0.29, 0.717) is 0 Å². The summed E-state index contributed by atoms with van der Waals surface area (Å²) in [5, 5.41) is 0. The summed E-state index contributed by atoms with van der Waals surface area (Å²) in [5.74, 6) is 2.31. The lowest BCUT2D eigenvalue weighted by Crippen LogP contribution is -2.77. The van der Waals surface area contributed by atoms with Crippen LogP contribution in [0.2, 0.25) is 0 Å². The smallest absolute Gasteiger partial charge is 0.0285 e. The van der Waals surface area contributed by atoms with Crippen molar-refractivity contribution in [1.29, 1.82) is 0 Å². The molecule has 2 heteroatoms. The van der Waals surface area contributed by atoms with Gasteiger partial charge in [-0.3, -0.25) is 9.80 Å². The summed E-state index contributed by atoms with van der Waals surface area (Å²) >= 11 is 0. The van der Waals surface area contributed by atoms with Crippen LogP contribution in [0.1, 0.15) is 0 Å². The van der Waals surface area contributed by atoms with Gasteiger partial charge in [0.15, 0.2) is 0 Å². The maximum Gasteiger partial charge on any atom is 0.0285 e. The highest BCUT2D eigenvalue weighted by atomic mass is 15.5. The zero-order valence-electron chi connectivity index (χ0n) is 5.77. The van der Waals surface area contributed by atoms with Crippen molar-refractivity contribution in [1.82, 2.24) is 9.80 Å². The average molecular weight is 134 g/mol.